The van der Waals surface area contributed by atoms with Crippen LogP contribution in [0.1, 0.15) is 37.0 Å². The van der Waals surface area contributed by atoms with E-state index in [4.69, 9.17) is 4.74 Å². The minimum Gasteiger partial charge on any atom is -0.493 e. The number of ether oxygens (including phenoxy) is 1. The quantitative estimate of drug-likeness (QED) is 0.657. The molecule has 1 amide bonds. The van der Waals surface area contributed by atoms with Crippen molar-refractivity contribution in [3.8, 4) is 5.75 Å². The molecular weight excluding hydrogens is 352 g/mol. The van der Waals surface area contributed by atoms with Crippen molar-refractivity contribution in [2.24, 2.45) is 0 Å². The maximum Gasteiger partial charge on any atom is 0.259 e. The Kier molecular flexibility index (Phi) is 7.17. The van der Waals surface area contributed by atoms with E-state index in [1.165, 1.54) is 12.1 Å². The smallest absolute Gasteiger partial charge is 0.259 e. The van der Waals surface area contributed by atoms with Crippen molar-refractivity contribution in [1.29, 1.82) is 0 Å². The number of para-hydroxylation sites is 1. The summed E-state index contributed by atoms with van der Waals surface area (Å²) in [7, 11) is -3.53. The van der Waals surface area contributed by atoms with Crippen LogP contribution < -0.4 is 14.8 Å². The van der Waals surface area contributed by atoms with Gasteiger partial charge in [-0.25, -0.2) is 13.1 Å². The molecule has 2 rings (SSSR count). The van der Waals surface area contributed by atoms with Gasteiger partial charge in [0.25, 0.3) is 5.91 Å². The van der Waals surface area contributed by atoms with E-state index in [1.54, 1.807) is 36.4 Å². The van der Waals surface area contributed by atoms with Crippen LogP contribution >= 0.6 is 0 Å². The van der Waals surface area contributed by atoms with Crippen LogP contribution in [0.15, 0.2) is 53.4 Å². The Bertz CT molecular complexity index is 833. The molecule has 0 heterocycles. The van der Waals surface area contributed by atoms with Crippen LogP contribution in [-0.4, -0.2) is 27.5 Å². The van der Waals surface area contributed by atoms with Gasteiger partial charge < -0.3 is 10.1 Å². The molecule has 0 bridgehead atoms. The lowest BCUT2D eigenvalue weighted by Crippen LogP contribution is -2.24. The van der Waals surface area contributed by atoms with Crippen molar-refractivity contribution in [2.75, 3.05) is 18.5 Å². The molecule has 140 valence electrons. The second-order valence-corrected chi connectivity index (χ2v) is 7.43. The largest absolute Gasteiger partial charge is 0.493 e. The Morgan fingerprint density at radius 3 is 2.38 bits per heavy atom. The summed E-state index contributed by atoms with van der Waals surface area (Å²) in [5.41, 5.74) is 0.932. The van der Waals surface area contributed by atoms with E-state index in [1.807, 2.05) is 13.8 Å². The summed E-state index contributed by atoms with van der Waals surface area (Å²) in [6, 6.07) is 13.0. The van der Waals surface area contributed by atoms with Gasteiger partial charge in [0, 0.05) is 12.2 Å². The van der Waals surface area contributed by atoms with Crippen molar-refractivity contribution in [3.63, 3.8) is 0 Å². The second kappa shape index (κ2) is 9.35. The first-order valence-electron chi connectivity index (χ1n) is 8.60. The molecule has 0 aliphatic heterocycles. The Balaban J connectivity index is 2.09. The van der Waals surface area contributed by atoms with Crippen LogP contribution in [0.4, 0.5) is 5.69 Å². The summed E-state index contributed by atoms with van der Waals surface area (Å²) in [6.45, 7) is 4.71. The van der Waals surface area contributed by atoms with Gasteiger partial charge in [0.15, 0.2) is 0 Å². The highest BCUT2D eigenvalue weighted by Gasteiger charge is 2.15. The maximum absolute atomic E-state index is 12.4. The Morgan fingerprint density at radius 2 is 1.73 bits per heavy atom. The fourth-order valence-electron chi connectivity index (χ4n) is 2.32. The summed E-state index contributed by atoms with van der Waals surface area (Å²) in [6.07, 6.45) is 1.70. The summed E-state index contributed by atoms with van der Waals surface area (Å²) < 4.78 is 32.3. The van der Waals surface area contributed by atoms with E-state index < -0.39 is 10.0 Å². The Hall–Kier alpha value is -2.38. The molecule has 7 heteroatoms. The van der Waals surface area contributed by atoms with E-state index in [9.17, 15) is 13.2 Å². The third kappa shape index (κ3) is 5.31. The molecule has 2 N–H and O–H groups in total. The second-order valence-electron chi connectivity index (χ2n) is 5.66. The maximum atomic E-state index is 12.4. The van der Waals surface area contributed by atoms with E-state index in [-0.39, 0.29) is 10.8 Å². The highest BCUT2D eigenvalue weighted by molar-refractivity contribution is 7.89. The zero-order valence-electron chi connectivity index (χ0n) is 15.0. The highest BCUT2D eigenvalue weighted by Crippen LogP contribution is 2.20. The van der Waals surface area contributed by atoms with E-state index >= 15 is 0 Å². The van der Waals surface area contributed by atoms with Crippen LogP contribution in [0.2, 0.25) is 0 Å². The molecule has 26 heavy (non-hydrogen) atoms. The van der Waals surface area contributed by atoms with Gasteiger partial charge in [-0.3, -0.25) is 4.79 Å². The summed E-state index contributed by atoms with van der Waals surface area (Å²) >= 11 is 0. The Morgan fingerprint density at radius 1 is 1.04 bits per heavy atom. The predicted octanol–water partition coefficient (Wildman–Crippen LogP) is 3.42. The molecule has 0 radical (unpaired) electrons. The number of nitrogens with one attached hydrogen (secondary N) is 2. The monoisotopic (exact) mass is 376 g/mol. The number of amides is 1. The fraction of sp³-hybridized carbons (Fsp3) is 0.316. The molecule has 0 spiro atoms. The van der Waals surface area contributed by atoms with Crippen LogP contribution in [0.3, 0.4) is 0 Å². The molecule has 6 nitrogen and oxygen atoms in total. The molecule has 0 saturated heterocycles. The highest BCUT2D eigenvalue weighted by atomic mass is 32.2. The molecule has 0 saturated carbocycles. The van der Waals surface area contributed by atoms with Crippen LogP contribution in [-0.2, 0) is 10.0 Å². The number of unbranched alkanes of at least 4 members (excludes halogenated alkanes) is 1. The normalized spacial score (nSPS) is 11.2. The third-order valence-electron chi connectivity index (χ3n) is 3.68. The molecule has 2 aromatic carbocycles. The zero-order valence-corrected chi connectivity index (χ0v) is 15.8. The first-order valence-corrected chi connectivity index (χ1v) is 10.1. The van der Waals surface area contributed by atoms with E-state index in [0.717, 1.165) is 12.8 Å². The first kappa shape index (κ1) is 19.9. The predicted molar refractivity (Wildman–Crippen MR) is 102 cm³/mol. The van der Waals surface area contributed by atoms with Crippen LogP contribution in [0.25, 0.3) is 0 Å². The standard InChI is InChI=1S/C19H24N2O4S/c1-3-5-14-20-26(23,24)16-12-10-15(11-13-16)21-19(22)17-8-6-7-9-18(17)25-4-2/h6-13,20H,3-5,14H2,1-2H3,(H,21,22). The molecule has 2 aromatic rings. The zero-order chi connectivity index (χ0) is 19.0. The number of rotatable bonds is 9. The number of sulfonamides is 1. The first-order chi connectivity index (χ1) is 12.5. The Labute approximate surface area is 154 Å². The number of anilines is 1. The van der Waals surface area contributed by atoms with Gasteiger partial charge in [0.2, 0.25) is 10.0 Å². The summed E-state index contributed by atoms with van der Waals surface area (Å²) in [5.74, 6) is 0.192. The molecule has 0 fully saturated rings. The lowest BCUT2D eigenvalue weighted by molar-refractivity contribution is 0.102. The average molecular weight is 376 g/mol. The van der Waals surface area contributed by atoms with Crippen LogP contribution in [0.5, 0.6) is 5.75 Å². The van der Waals surface area contributed by atoms with Gasteiger partial charge in [0.05, 0.1) is 17.1 Å². The summed E-state index contributed by atoms with van der Waals surface area (Å²) in [4.78, 5) is 12.6. The van der Waals surface area contributed by atoms with E-state index in [2.05, 4.69) is 10.0 Å². The number of hydrogen-bond acceptors (Lipinski definition) is 4. The van der Waals surface area contributed by atoms with Crippen LogP contribution in [0, 0.1) is 0 Å². The molecule has 0 atom stereocenters. The van der Waals surface area contributed by atoms with Crippen molar-refractivity contribution >= 4 is 21.6 Å². The minimum absolute atomic E-state index is 0.168. The van der Waals surface area contributed by atoms with Crippen molar-refractivity contribution in [3.05, 3.63) is 54.1 Å². The SMILES string of the molecule is CCCCNS(=O)(=O)c1ccc(NC(=O)c2ccccc2OCC)cc1. The molecule has 0 unspecified atom stereocenters. The van der Waals surface area contributed by atoms with Crippen molar-refractivity contribution < 1.29 is 17.9 Å². The van der Waals surface area contributed by atoms with Crippen molar-refractivity contribution in [1.82, 2.24) is 4.72 Å². The van der Waals surface area contributed by atoms with Gasteiger partial charge in [-0.2, -0.15) is 0 Å². The number of carbonyl (C=O) groups excluding carboxylic acids is 1. The van der Waals surface area contributed by atoms with Gasteiger partial charge in [0.1, 0.15) is 5.75 Å². The lowest BCUT2D eigenvalue weighted by atomic mass is 10.2. The molecule has 0 aromatic heterocycles. The molecule has 0 aliphatic rings. The van der Waals surface area contributed by atoms with Gasteiger partial charge >= 0.3 is 0 Å². The van der Waals surface area contributed by atoms with Gasteiger partial charge in [-0.1, -0.05) is 25.5 Å². The number of benzene rings is 2. The molecular formula is C19H24N2O4S. The molecule has 0 aliphatic carbocycles. The van der Waals surface area contributed by atoms with Crippen molar-refractivity contribution in [2.45, 2.75) is 31.6 Å². The fourth-order valence-corrected chi connectivity index (χ4v) is 3.39. The third-order valence-corrected chi connectivity index (χ3v) is 5.15. The topological polar surface area (TPSA) is 84.5 Å². The van der Waals surface area contributed by atoms with Gasteiger partial charge in [-0.15, -0.1) is 0 Å². The number of carbonyl (C=O) groups is 1. The van der Waals surface area contributed by atoms with Gasteiger partial charge in [-0.05, 0) is 49.7 Å². The average Bonchev–Trinajstić information content (AvgIpc) is 2.63. The lowest BCUT2D eigenvalue weighted by Gasteiger charge is -2.11. The summed E-state index contributed by atoms with van der Waals surface area (Å²) in [5, 5.41) is 2.75. The van der Waals surface area contributed by atoms with E-state index in [0.29, 0.717) is 30.2 Å². The minimum atomic E-state index is -3.53. The number of hydrogen-bond donors (Lipinski definition) is 2.